The van der Waals surface area contributed by atoms with E-state index < -0.39 is 0 Å². The van der Waals surface area contributed by atoms with Gasteiger partial charge in [-0.05, 0) is 45.6 Å². The highest BCUT2D eigenvalue weighted by molar-refractivity contribution is 5.95. The van der Waals surface area contributed by atoms with Gasteiger partial charge in [0.2, 0.25) is 5.91 Å². The molecule has 0 aromatic carbocycles. The van der Waals surface area contributed by atoms with Crippen molar-refractivity contribution < 1.29 is 14.0 Å². The summed E-state index contributed by atoms with van der Waals surface area (Å²) in [4.78, 5) is 28.7. The van der Waals surface area contributed by atoms with Crippen LogP contribution in [0.4, 0.5) is 0 Å². The lowest BCUT2D eigenvalue weighted by Crippen LogP contribution is -2.39. The first-order valence-corrected chi connectivity index (χ1v) is 8.67. The molecule has 0 unspecified atom stereocenters. The van der Waals surface area contributed by atoms with Crippen molar-refractivity contribution in [3.05, 3.63) is 23.2 Å². The number of piperidine rings is 1. The molecule has 0 bridgehead atoms. The standard InChI is InChI=1S/C18H28N2O3/c1-4-9-20(18(22)16-13-14(2)23-15(16)3)12-8-17(21)19-10-6-5-7-11-19/h13H,4-12H2,1-3H3. The molecule has 5 nitrogen and oxygen atoms in total. The van der Waals surface area contributed by atoms with Gasteiger partial charge >= 0.3 is 0 Å². The Labute approximate surface area is 138 Å². The predicted molar refractivity (Wildman–Crippen MR) is 89.4 cm³/mol. The Hall–Kier alpha value is -1.78. The number of likely N-dealkylation sites (tertiary alicyclic amines) is 1. The Kier molecular flexibility index (Phi) is 6.25. The molecule has 1 fully saturated rings. The van der Waals surface area contributed by atoms with Gasteiger partial charge in [-0.1, -0.05) is 6.92 Å². The Bertz CT molecular complexity index is 544. The van der Waals surface area contributed by atoms with Gasteiger partial charge < -0.3 is 14.2 Å². The molecule has 0 aliphatic carbocycles. The molecule has 2 amide bonds. The molecule has 2 heterocycles. The molecule has 0 N–H and O–H groups in total. The zero-order chi connectivity index (χ0) is 16.8. The molecular formula is C18H28N2O3. The second kappa shape index (κ2) is 8.18. The fourth-order valence-corrected chi connectivity index (χ4v) is 3.13. The summed E-state index contributed by atoms with van der Waals surface area (Å²) in [6, 6.07) is 1.78. The molecule has 0 spiro atoms. The summed E-state index contributed by atoms with van der Waals surface area (Å²) in [6.07, 6.45) is 4.68. The lowest BCUT2D eigenvalue weighted by Gasteiger charge is -2.28. The number of carbonyl (C=O) groups excluding carboxylic acids is 2. The number of furan rings is 1. The van der Waals surface area contributed by atoms with E-state index in [-0.39, 0.29) is 11.8 Å². The molecule has 128 valence electrons. The zero-order valence-corrected chi connectivity index (χ0v) is 14.6. The number of hydrogen-bond donors (Lipinski definition) is 0. The summed E-state index contributed by atoms with van der Waals surface area (Å²) in [5.41, 5.74) is 0.612. The first-order valence-electron chi connectivity index (χ1n) is 8.67. The van der Waals surface area contributed by atoms with Crippen molar-refractivity contribution in [1.82, 2.24) is 9.80 Å². The van der Waals surface area contributed by atoms with Gasteiger partial charge in [0.25, 0.3) is 5.91 Å². The minimum Gasteiger partial charge on any atom is -0.466 e. The molecule has 0 saturated carbocycles. The number of nitrogens with zero attached hydrogens (tertiary/aromatic N) is 2. The van der Waals surface area contributed by atoms with Crippen molar-refractivity contribution in [1.29, 1.82) is 0 Å². The van der Waals surface area contributed by atoms with Gasteiger partial charge in [0.05, 0.1) is 5.56 Å². The van der Waals surface area contributed by atoms with Crippen molar-refractivity contribution in [3.8, 4) is 0 Å². The van der Waals surface area contributed by atoms with E-state index in [0.29, 0.717) is 30.8 Å². The van der Waals surface area contributed by atoms with Crippen molar-refractivity contribution in [2.75, 3.05) is 26.2 Å². The van der Waals surface area contributed by atoms with Crippen LogP contribution in [0.5, 0.6) is 0 Å². The number of rotatable bonds is 6. The van der Waals surface area contributed by atoms with Gasteiger partial charge in [0.1, 0.15) is 11.5 Å². The second-order valence-electron chi connectivity index (χ2n) is 6.31. The molecule has 1 aromatic rings. The van der Waals surface area contributed by atoms with Crippen LogP contribution in [0.15, 0.2) is 10.5 Å². The third-order valence-electron chi connectivity index (χ3n) is 4.36. The Balaban J connectivity index is 1.96. The van der Waals surface area contributed by atoms with Crippen molar-refractivity contribution in [2.24, 2.45) is 0 Å². The van der Waals surface area contributed by atoms with Crippen molar-refractivity contribution in [3.63, 3.8) is 0 Å². The maximum absolute atomic E-state index is 12.7. The van der Waals surface area contributed by atoms with Crippen molar-refractivity contribution >= 4 is 11.8 Å². The summed E-state index contributed by atoms with van der Waals surface area (Å²) in [6.45, 7) is 8.56. The fraction of sp³-hybridized carbons (Fsp3) is 0.667. The Morgan fingerprint density at radius 2 is 1.87 bits per heavy atom. The van der Waals surface area contributed by atoms with E-state index in [1.807, 2.05) is 25.7 Å². The van der Waals surface area contributed by atoms with Crippen LogP contribution in [0.3, 0.4) is 0 Å². The SMILES string of the molecule is CCCN(CCC(=O)N1CCCCC1)C(=O)c1cc(C)oc1C. The molecule has 1 aliphatic rings. The highest BCUT2D eigenvalue weighted by atomic mass is 16.3. The van der Waals surface area contributed by atoms with Crippen LogP contribution >= 0.6 is 0 Å². The van der Waals surface area contributed by atoms with E-state index in [1.54, 1.807) is 11.0 Å². The summed E-state index contributed by atoms with van der Waals surface area (Å²) in [7, 11) is 0. The number of aryl methyl sites for hydroxylation is 2. The van der Waals surface area contributed by atoms with E-state index in [0.717, 1.165) is 38.1 Å². The summed E-state index contributed by atoms with van der Waals surface area (Å²) < 4.78 is 5.46. The molecule has 1 aliphatic heterocycles. The second-order valence-corrected chi connectivity index (χ2v) is 6.31. The van der Waals surface area contributed by atoms with Gasteiger partial charge in [-0.15, -0.1) is 0 Å². The highest BCUT2D eigenvalue weighted by Crippen LogP contribution is 2.17. The van der Waals surface area contributed by atoms with Gasteiger partial charge in [0, 0.05) is 32.6 Å². The topological polar surface area (TPSA) is 53.8 Å². The third kappa shape index (κ3) is 4.60. The average molecular weight is 320 g/mol. The quantitative estimate of drug-likeness (QED) is 0.809. The Morgan fingerprint density at radius 3 is 2.43 bits per heavy atom. The monoisotopic (exact) mass is 320 g/mol. The van der Waals surface area contributed by atoms with Gasteiger partial charge in [0.15, 0.2) is 0 Å². The van der Waals surface area contributed by atoms with E-state index in [9.17, 15) is 9.59 Å². The summed E-state index contributed by atoms with van der Waals surface area (Å²) in [5.74, 6) is 1.52. The first kappa shape index (κ1) is 17.6. The molecule has 2 rings (SSSR count). The minimum atomic E-state index is -0.0346. The maximum Gasteiger partial charge on any atom is 0.257 e. The van der Waals surface area contributed by atoms with Crippen LogP contribution in [0, 0.1) is 13.8 Å². The Morgan fingerprint density at radius 1 is 1.17 bits per heavy atom. The van der Waals surface area contributed by atoms with Crippen LogP contribution in [-0.2, 0) is 4.79 Å². The molecule has 1 aromatic heterocycles. The number of hydrogen-bond acceptors (Lipinski definition) is 3. The molecule has 1 saturated heterocycles. The summed E-state index contributed by atoms with van der Waals surface area (Å²) in [5, 5.41) is 0. The van der Waals surface area contributed by atoms with Crippen molar-refractivity contribution in [2.45, 2.75) is 52.9 Å². The first-order chi connectivity index (χ1) is 11.0. The lowest BCUT2D eigenvalue weighted by molar-refractivity contribution is -0.132. The smallest absolute Gasteiger partial charge is 0.257 e. The molecule has 0 radical (unpaired) electrons. The van der Waals surface area contributed by atoms with Crippen LogP contribution in [0.25, 0.3) is 0 Å². The van der Waals surface area contributed by atoms with Gasteiger partial charge in [-0.2, -0.15) is 0 Å². The van der Waals surface area contributed by atoms with Crippen LogP contribution in [0.1, 0.15) is 60.9 Å². The number of carbonyl (C=O) groups is 2. The van der Waals surface area contributed by atoms with E-state index in [4.69, 9.17) is 4.42 Å². The average Bonchev–Trinajstić information content (AvgIpc) is 2.89. The highest BCUT2D eigenvalue weighted by Gasteiger charge is 2.22. The van der Waals surface area contributed by atoms with Crippen LogP contribution in [0.2, 0.25) is 0 Å². The third-order valence-corrected chi connectivity index (χ3v) is 4.36. The lowest BCUT2D eigenvalue weighted by atomic mass is 10.1. The van der Waals surface area contributed by atoms with Gasteiger partial charge in [-0.3, -0.25) is 9.59 Å². The van der Waals surface area contributed by atoms with E-state index in [2.05, 4.69) is 0 Å². The summed E-state index contributed by atoms with van der Waals surface area (Å²) >= 11 is 0. The molecular weight excluding hydrogens is 292 g/mol. The molecule has 0 atom stereocenters. The minimum absolute atomic E-state index is 0.0346. The van der Waals surface area contributed by atoms with Crippen LogP contribution in [-0.4, -0.2) is 47.8 Å². The number of amides is 2. The van der Waals surface area contributed by atoms with Crippen LogP contribution < -0.4 is 0 Å². The predicted octanol–water partition coefficient (Wildman–Crippen LogP) is 3.15. The maximum atomic E-state index is 12.7. The molecule has 23 heavy (non-hydrogen) atoms. The van der Waals surface area contributed by atoms with E-state index in [1.165, 1.54) is 6.42 Å². The largest absolute Gasteiger partial charge is 0.466 e. The zero-order valence-electron chi connectivity index (χ0n) is 14.6. The van der Waals surface area contributed by atoms with Gasteiger partial charge in [-0.25, -0.2) is 0 Å². The molecule has 5 heteroatoms. The normalized spacial score (nSPS) is 14.8. The fourth-order valence-electron chi connectivity index (χ4n) is 3.13. The van der Waals surface area contributed by atoms with E-state index >= 15 is 0 Å².